The van der Waals surface area contributed by atoms with Crippen molar-refractivity contribution in [3.05, 3.63) is 42.2 Å². The standard InChI is InChI=1S/C11H15N5/c1-10-13-6-8-16(10)7-5-12-9-11-3-2-4-14-15-11/h2-4,6,8,12H,5,7,9H2,1H3. The van der Waals surface area contributed by atoms with Crippen LogP contribution in [-0.2, 0) is 13.1 Å². The van der Waals surface area contributed by atoms with Crippen molar-refractivity contribution in [1.82, 2.24) is 25.1 Å². The molecule has 2 rings (SSSR count). The Morgan fingerprint density at radius 2 is 2.31 bits per heavy atom. The molecule has 0 radical (unpaired) electrons. The molecule has 5 heteroatoms. The molecule has 0 atom stereocenters. The monoisotopic (exact) mass is 217 g/mol. The quantitative estimate of drug-likeness (QED) is 0.752. The minimum Gasteiger partial charge on any atom is -0.334 e. The van der Waals surface area contributed by atoms with E-state index in [1.165, 1.54) is 0 Å². The van der Waals surface area contributed by atoms with Crippen LogP contribution in [0.5, 0.6) is 0 Å². The van der Waals surface area contributed by atoms with Crippen molar-refractivity contribution in [3.8, 4) is 0 Å². The van der Waals surface area contributed by atoms with Crippen molar-refractivity contribution in [2.45, 2.75) is 20.0 Å². The Balaban J connectivity index is 1.72. The molecule has 2 aromatic rings. The third-order valence-corrected chi connectivity index (χ3v) is 2.39. The Labute approximate surface area is 94.5 Å². The van der Waals surface area contributed by atoms with Gasteiger partial charge in [0, 0.05) is 38.2 Å². The molecule has 0 bridgehead atoms. The highest BCUT2D eigenvalue weighted by molar-refractivity contribution is 4.98. The van der Waals surface area contributed by atoms with Gasteiger partial charge in [-0.15, -0.1) is 0 Å². The van der Waals surface area contributed by atoms with Crippen molar-refractivity contribution in [2.24, 2.45) is 0 Å². The zero-order chi connectivity index (χ0) is 11.2. The summed E-state index contributed by atoms with van der Waals surface area (Å²) in [6.45, 7) is 4.57. The predicted octanol–water partition coefficient (Wildman–Crippen LogP) is 0.771. The van der Waals surface area contributed by atoms with Crippen molar-refractivity contribution in [2.75, 3.05) is 6.54 Å². The van der Waals surface area contributed by atoms with Crippen molar-refractivity contribution >= 4 is 0 Å². The van der Waals surface area contributed by atoms with Gasteiger partial charge in [-0.1, -0.05) is 0 Å². The summed E-state index contributed by atoms with van der Waals surface area (Å²) in [5.41, 5.74) is 0.963. The maximum absolute atomic E-state index is 4.17. The number of rotatable bonds is 5. The molecule has 2 heterocycles. The summed E-state index contributed by atoms with van der Waals surface area (Å²) in [5, 5.41) is 11.1. The van der Waals surface area contributed by atoms with Crippen LogP contribution in [0, 0.1) is 6.92 Å². The fourth-order valence-electron chi connectivity index (χ4n) is 1.48. The molecule has 0 aliphatic heterocycles. The van der Waals surface area contributed by atoms with Gasteiger partial charge >= 0.3 is 0 Å². The molecule has 5 nitrogen and oxygen atoms in total. The third-order valence-electron chi connectivity index (χ3n) is 2.39. The average molecular weight is 217 g/mol. The smallest absolute Gasteiger partial charge is 0.105 e. The van der Waals surface area contributed by atoms with E-state index in [0.29, 0.717) is 0 Å². The van der Waals surface area contributed by atoms with Crippen molar-refractivity contribution in [3.63, 3.8) is 0 Å². The molecular weight excluding hydrogens is 202 g/mol. The maximum atomic E-state index is 4.17. The topological polar surface area (TPSA) is 55.6 Å². The second-order valence-corrected chi connectivity index (χ2v) is 3.56. The largest absolute Gasteiger partial charge is 0.334 e. The second-order valence-electron chi connectivity index (χ2n) is 3.56. The molecule has 0 aliphatic carbocycles. The van der Waals surface area contributed by atoms with Gasteiger partial charge in [-0.25, -0.2) is 4.98 Å². The Morgan fingerprint density at radius 3 is 3.00 bits per heavy atom. The van der Waals surface area contributed by atoms with Gasteiger partial charge in [-0.05, 0) is 19.1 Å². The van der Waals surface area contributed by atoms with Crippen LogP contribution in [0.25, 0.3) is 0 Å². The Bertz CT molecular complexity index is 423. The van der Waals surface area contributed by atoms with Gasteiger partial charge in [0.25, 0.3) is 0 Å². The molecule has 0 saturated heterocycles. The first-order valence-electron chi connectivity index (χ1n) is 5.31. The highest BCUT2D eigenvalue weighted by Gasteiger charge is 1.96. The van der Waals surface area contributed by atoms with Gasteiger partial charge in [-0.3, -0.25) is 0 Å². The highest BCUT2D eigenvalue weighted by atomic mass is 15.1. The first-order chi connectivity index (χ1) is 7.86. The lowest BCUT2D eigenvalue weighted by Crippen LogP contribution is -2.20. The number of hydrogen-bond acceptors (Lipinski definition) is 4. The van der Waals surface area contributed by atoms with Crippen LogP contribution in [0.15, 0.2) is 30.7 Å². The van der Waals surface area contributed by atoms with Gasteiger partial charge in [-0.2, -0.15) is 10.2 Å². The zero-order valence-electron chi connectivity index (χ0n) is 9.30. The van der Waals surface area contributed by atoms with E-state index in [0.717, 1.165) is 31.2 Å². The SMILES string of the molecule is Cc1nccn1CCNCc1cccnn1. The van der Waals surface area contributed by atoms with Crippen LogP contribution in [-0.4, -0.2) is 26.3 Å². The number of aromatic nitrogens is 4. The second kappa shape index (κ2) is 5.37. The van der Waals surface area contributed by atoms with Gasteiger partial charge in [0.05, 0.1) is 5.69 Å². The van der Waals surface area contributed by atoms with Gasteiger partial charge in [0.2, 0.25) is 0 Å². The van der Waals surface area contributed by atoms with Crippen LogP contribution < -0.4 is 5.32 Å². The van der Waals surface area contributed by atoms with E-state index < -0.39 is 0 Å². The van der Waals surface area contributed by atoms with Gasteiger partial charge in [0.15, 0.2) is 0 Å². The fourth-order valence-corrected chi connectivity index (χ4v) is 1.48. The Morgan fingerprint density at radius 1 is 1.38 bits per heavy atom. The van der Waals surface area contributed by atoms with E-state index in [1.54, 1.807) is 6.20 Å². The summed E-state index contributed by atoms with van der Waals surface area (Å²) in [4.78, 5) is 4.17. The fraction of sp³-hybridized carbons (Fsp3) is 0.364. The molecular formula is C11H15N5. The van der Waals surface area contributed by atoms with E-state index in [4.69, 9.17) is 0 Å². The van der Waals surface area contributed by atoms with Crippen LogP contribution in [0.3, 0.4) is 0 Å². The minimum atomic E-state index is 0.752. The Kier molecular flexibility index (Phi) is 3.61. The lowest BCUT2D eigenvalue weighted by Gasteiger charge is -2.06. The molecule has 16 heavy (non-hydrogen) atoms. The van der Waals surface area contributed by atoms with Crippen LogP contribution in [0.1, 0.15) is 11.5 Å². The molecule has 1 N–H and O–H groups in total. The maximum Gasteiger partial charge on any atom is 0.105 e. The van der Waals surface area contributed by atoms with Crippen LogP contribution >= 0.6 is 0 Å². The molecule has 0 aliphatic rings. The summed E-state index contributed by atoms with van der Waals surface area (Å²) in [6.07, 6.45) is 5.48. The van der Waals surface area contributed by atoms with Gasteiger partial charge in [0.1, 0.15) is 5.82 Å². The van der Waals surface area contributed by atoms with Gasteiger partial charge < -0.3 is 9.88 Å². The molecule has 84 valence electrons. The number of imidazole rings is 1. The molecule has 0 fully saturated rings. The van der Waals surface area contributed by atoms with Crippen LogP contribution in [0.4, 0.5) is 0 Å². The molecule has 0 aromatic carbocycles. The highest BCUT2D eigenvalue weighted by Crippen LogP contribution is 1.94. The number of nitrogens with one attached hydrogen (secondary N) is 1. The summed E-state index contributed by atoms with van der Waals surface area (Å²) in [7, 11) is 0. The average Bonchev–Trinajstić information content (AvgIpc) is 2.72. The first-order valence-corrected chi connectivity index (χ1v) is 5.31. The minimum absolute atomic E-state index is 0.752. The first kappa shape index (κ1) is 10.8. The third kappa shape index (κ3) is 2.87. The zero-order valence-corrected chi connectivity index (χ0v) is 9.30. The lowest BCUT2D eigenvalue weighted by atomic mass is 10.4. The normalized spacial score (nSPS) is 10.6. The van der Waals surface area contributed by atoms with Crippen LogP contribution in [0.2, 0.25) is 0 Å². The molecule has 0 saturated carbocycles. The number of hydrogen-bond donors (Lipinski definition) is 1. The number of aryl methyl sites for hydroxylation is 1. The molecule has 0 spiro atoms. The van der Waals surface area contributed by atoms with E-state index in [-0.39, 0.29) is 0 Å². The number of nitrogens with zero attached hydrogens (tertiary/aromatic N) is 4. The predicted molar refractivity (Wildman–Crippen MR) is 60.7 cm³/mol. The molecule has 0 amide bonds. The molecule has 0 unspecified atom stereocenters. The Hall–Kier alpha value is -1.75. The van der Waals surface area contributed by atoms with Crippen molar-refractivity contribution < 1.29 is 0 Å². The molecule has 2 aromatic heterocycles. The van der Waals surface area contributed by atoms with E-state index in [2.05, 4.69) is 25.1 Å². The van der Waals surface area contributed by atoms with E-state index in [1.807, 2.05) is 31.5 Å². The summed E-state index contributed by atoms with van der Waals surface area (Å²) >= 11 is 0. The summed E-state index contributed by atoms with van der Waals surface area (Å²) < 4.78 is 2.11. The summed E-state index contributed by atoms with van der Waals surface area (Å²) in [5.74, 6) is 1.04. The lowest BCUT2D eigenvalue weighted by molar-refractivity contribution is 0.580. The summed E-state index contributed by atoms with van der Waals surface area (Å²) in [6, 6.07) is 3.85. The van der Waals surface area contributed by atoms with E-state index in [9.17, 15) is 0 Å². The van der Waals surface area contributed by atoms with E-state index >= 15 is 0 Å². The van der Waals surface area contributed by atoms with Crippen molar-refractivity contribution in [1.29, 1.82) is 0 Å².